The molecular weight excluding hydrogens is 562 g/mol. The van der Waals surface area contributed by atoms with Crippen molar-refractivity contribution in [1.82, 2.24) is 20.1 Å². The normalized spacial score (nSPS) is 19.0. The van der Waals surface area contributed by atoms with Crippen LogP contribution in [0.5, 0.6) is 17.2 Å². The molecule has 228 valence electrons. The number of fused-ring (bicyclic) bond motifs is 5. The number of amides is 3. The fraction of sp³-hybridized carbons (Fsp3) is 0.364. The summed E-state index contributed by atoms with van der Waals surface area (Å²) < 4.78 is 18.4. The van der Waals surface area contributed by atoms with Crippen LogP contribution in [0.15, 0.2) is 60.8 Å². The van der Waals surface area contributed by atoms with Crippen LogP contribution in [-0.2, 0) is 16.1 Å². The van der Waals surface area contributed by atoms with Gasteiger partial charge in [-0.2, -0.15) is 5.26 Å². The molecule has 3 heterocycles. The molecule has 1 aromatic heterocycles. The number of ether oxygens (including phenoxy) is 3. The summed E-state index contributed by atoms with van der Waals surface area (Å²) in [4.78, 5) is 47.4. The number of nitriles is 1. The van der Waals surface area contributed by atoms with E-state index >= 15 is 0 Å². The van der Waals surface area contributed by atoms with Crippen molar-refractivity contribution in [1.29, 1.82) is 5.26 Å². The molecule has 1 fully saturated rings. The molecule has 44 heavy (non-hydrogen) atoms. The lowest BCUT2D eigenvalue weighted by Gasteiger charge is -2.39. The first kappa shape index (κ1) is 30.5. The predicted octanol–water partition coefficient (Wildman–Crippen LogP) is 3.92. The average Bonchev–Trinajstić information content (AvgIpc) is 3.01. The van der Waals surface area contributed by atoms with Crippen LogP contribution in [-0.4, -0.2) is 76.9 Å². The number of hydrogen-bond acceptors (Lipinski definition) is 8. The number of benzene rings is 2. The molecule has 2 aliphatic heterocycles. The van der Waals surface area contributed by atoms with Gasteiger partial charge in [0, 0.05) is 37.5 Å². The molecule has 0 unspecified atom stereocenters. The van der Waals surface area contributed by atoms with Gasteiger partial charge in [-0.25, -0.2) is 4.98 Å². The molecule has 11 heteroatoms. The molecule has 1 N–H and O–H groups in total. The Morgan fingerprint density at radius 1 is 1.16 bits per heavy atom. The van der Waals surface area contributed by atoms with Gasteiger partial charge in [0.2, 0.25) is 5.91 Å². The van der Waals surface area contributed by atoms with Crippen molar-refractivity contribution in [2.75, 3.05) is 26.2 Å². The maximum Gasteiger partial charge on any atom is 0.255 e. The Hall–Kier alpha value is -4.95. The zero-order valence-corrected chi connectivity index (χ0v) is 25.0. The molecule has 4 bridgehead atoms. The summed E-state index contributed by atoms with van der Waals surface area (Å²) in [6, 6.07) is 17.0. The fourth-order valence-corrected chi connectivity index (χ4v) is 5.29. The first-order valence-corrected chi connectivity index (χ1v) is 14.7. The van der Waals surface area contributed by atoms with Gasteiger partial charge in [0.05, 0.1) is 37.0 Å². The summed E-state index contributed by atoms with van der Waals surface area (Å²) in [7, 11) is 0. The summed E-state index contributed by atoms with van der Waals surface area (Å²) in [6.07, 6.45) is 1.36. The van der Waals surface area contributed by atoms with Crippen LogP contribution in [0.25, 0.3) is 0 Å². The lowest BCUT2D eigenvalue weighted by atomic mass is 10.0. The van der Waals surface area contributed by atoms with Crippen molar-refractivity contribution in [3.8, 4) is 23.3 Å². The molecule has 5 rings (SSSR count). The highest BCUT2D eigenvalue weighted by Gasteiger charge is 2.34. The maximum atomic E-state index is 13.7. The molecule has 0 spiro atoms. The van der Waals surface area contributed by atoms with E-state index in [1.807, 2.05) is 44.2 Å². The molecule has 3 aromatic rings. The van der Waals surface area contributed by atoms with Crippen LogP contribution in [0, 0.1) is 11.3 Å². The van der Waals surface area contributed by atoms with E-state index in [2.05, 4.69) is 10.3 Å². The number of hydrogen-bond donors (Lipinski definition) is 1. The molecule has 0 saturated carbocycles. The molecule has 2 aromatic carbocycles. The van der Waals surface area contributed by atoms with Gasteiger partial charge < -0.3 is 29.3 Å². The van der Waals surface area contributed by atoms with Gasteiger partial charge >= 0.3 is 0 Å². The summed E-state index contributed by atoms with van der Waals surface area (Å²) in [6.45, 7) is 6.59. The molecule has 0 radical (unpaired) electrons. The van der Waals surface area contributed by atoms with E-state index < -0.39 is 6.04 Å². The number of rotatable bonds is 4. The third-order valence-electron chi connectivity index (χ3n) is 7.41. The number of nitrogens with zero attached hydrogens (tertiary/aromatic N) is 4. The Labute approximate surface area is 256 Å². The molecule has 2 atom stereocenters. The summed E-state index contributed by atoms with van der Waals surface area (Å²) in [5, 5.41) is 12.1. The molecule has 0 aliphatic carbocycles. The Balaban J connectivity index is 1.43. The lowest BCUT2D eigenvalue weighted by Crippen LogP contribution is -2.58. The lowest BCUT2D eigenvalue weighted by molar-refractivity contribution is -0.124. The highest BCUT2D eigenvalue weighted by atomic mass is 16.5. The van der Waals surface area contributed by atoms with Crippen molar-refractivity contribution in [3.63, 3.8) is 0 Å². The van der Waals surface area contributed by atoms with E-state index in [9.17, 15) is 14.4 Å². The van der Waals surface area contributed by atoms with Crippen LogP contribution in [0.1, 0.15) is 59.2 Å². The van der Waals surface area contributed by atoms with Crippen molar-refractivity contribution < 1.29 is 28.6 Å². The third kappa shape index (κ3) is 7.33. The minimum Gasteiger partial charge on any atom is -0.491 e. The van der Waals surface area contributed by atoms with Gasteiger partial charge in [-0.1, -0.05) is 12.1 Å². The number of aromatic nitrogens is 1. The Morgan fingerprint density at radius 2 is 2.00 bits per heavy atom. The van der Waals surface area contributed by atoms with E-state index in [4.69, 9.17) is 19.5 Å². The van der Waals surface area contributed by atoms with Gasteiger partial charge in [-0.15, -0.1) is 0 Å². The minimum atomic E-state index is -0.526. The Kier molecular flexibility index (Phi) is 9.41. The standard InChI is InChI=1S/C33H35N5O6/c1-4-37-19-31(39)36-29-18-38(32(40)23-8-9-25(16-34)35-17-23)11-10-30(29)42-20-22-6-5-7-26(12-22)44-28-14-24(33(37)41)13-27(15-28)43-21(2)3/h5-9,12-15,17,21,29-30H,4,10-11,18-20H2,1-3H3,(H,36,39)/t29-,30-/m0/s1. The number of likely N-dealkylation sites (tertiary alicyclic amines) is 1. The van der Waals surface area contributed by atoms with Gasteiger partial charge in [0.1, 0.15) is 29.0 Å². The summed E-state index contributed by atoms with van der Waals surface area (Å²) >= 11 is 0. The average molecular weight is 598 g/mol. The van der Waals surface area contributed by atoms with Crippen molar-refractivity contribution >= 4 is 17.7 Å². The highest BCUT2D eigenvalue weighted by molar-refractivity contribution is 5.97. The van der Waals surface area contributed by atoms with Crippen molar-refractivity contribution in [3.05, 3.63) is 83.2 Å². The number of likely N-dealkylation sites (N-methyl/N-ethyl adjacent to an activating group) is 1. The van der Waals surface area contributed by atoms with Crippen LogP contribution in [0.2, 0.25) is 0 Å². The number of pyridine rings is 1. The van der Waals surface area contributed by atoms with Crippen LogP contribution in [0.4, 0.5) is 0 Å². The smallest absolute Gasteiger partial charge is 0.255 e. The van der Waals surface area contributed by atoms with E-state index in [-0.39, 0.29) is 55.3 Å². The first-order valence-electron chi connectivity index (χ1n) is 14.7. The monoisotopic (exact) mass is 597 g/mol. The number of piperidine rings is 1. The van der Waals surface area contributed by atoms with Gasteiger partial charge in [-0.05, 0) is 69.2 Å². The van der Waals surface area contributed by atoms with Crippen LogP contribution >= 0.6 is 0 Å². The topological polar surface area (TPSA) is 134 Å². The van der Waals surface area contributed by atoms with E-state index in [0.717, 1.165) is 5.56 Å². The number of carbonyl (C=O) groups is 3. The minimum absolute atomic E-state index is 0.123. The number of nitrogens with one attached hydrogen (secondary N) is 1. The second-order valence-corrected chi connectivity index (χ2v) is 11.0. The SMILES string of the molecule is CCN1CC(=O)N[C@H]2CN(C(=O)c3ccc(C#N)nc3)CC[C@@H]2OCc2cccc(c2)Oc2cc(OC(C)C)cc(c2)C1=O. The van der Waals surface area contributed by atoms with E-state index in [1.54, 1.807) is 36.1 Å². The molecule has 1 saturated heterocycles. The maximum absolute atomic E-state index is 13.7. The Morgan fingerprint density at radius 3 is 2.73 bits per heavy atom. The fourth-order valence-electron chi connectivity index (χ4n) is 5.29. The third-order valence-corrected chi connectivity index (χ3v) is 7.41. The highest BCUT2D eigenvalue weighted by Crippen LogP contribution is 2.30. The van der Waals surface area contributed by atoms with Crippen LogP contribution < -0.4 is 14.8 Å². The number of carbonyl (C=O) groups excluding carboxylic acids is 3. The van der Waals surface area contributed by atoms with Crippen molar-refractivity contribution in [2.24, 2.45) is 0 Å². The zero-order chi connectivity index (χ0) is 31.2. The van der Waals surface area contributed by atoms with Crippen molar-refractivity contribution in [2.45, 2.75) is 52.0 Å². The first-order chi connectivity index (χ1) is 21.2. The van der Waals surface area contributed by atoms with Gasteiger partial charge in [-0.3, -0.25) is 14.4 Å². The quantitative estimate of drug-likeness (QED) is 0.478. The molecular formula is C33H35N5O6. The second kappa shape index (κ2) is 13.6. The largest absolute Gasteiger partial charge is 0.491 e. The van der Waals surface area contributed by atoms with Gasteiger partial charge in [0.25, 0.3) is 11.8 Å². The van der Waals surface area contributed by atoms with Crippen LogP contribution in [0.3, 0.4) is 0 Å². The summed E-state index contributed by atoms with van der Waals surface area (Å²) in [5.74, 6) is 0.529. The molecule has 2 aliphatic rings. The Bertz CT molecular complexity index is 1570. The second-order valence-electron chi connectivity index (χ2n) is 11.0. The molecule has 11 nitrogen and oxygen atoms in total. The zero-order valence-electron chi connectivity index (χ0n) is 25.0. The van der Waals surface area contributed by atoms with Gasteiger partial charge in [0.15, 0.2) is 0 Å². The molecule has 3 amide bonds. The summed E-state index contributed by atoms with van der Waals surface area (Å²) in [5.41, 5.74) is 1.77. The van der Waals surface area contributed by atoms with E-state index in [1.165, 1.54) is 17.2 Å². The van der Waals surface area contributed by atoms with E-state index in [0.29, 0.717) is 47.9 Å². The predicted molar refractivity (Wildman–Crippen MR) is 160 cm³/mol.